The fraction of sp³-hybridized carbons (Fsp3) is 0.281. The number of ether oxygens (including phenoxy) is 2. The van der Waals surface area contributed by atoms with Crippen molar-refractivity contribution in [1.82, 2.24) is 4.98 Å². The lowest BCUT2D eigenvalue weighted by atomic mass is 9.93. The lowest BCUT2D eigenvalue weighted by molar-refractivity contribution is -0.132. The van der Waals surface area contributed by atoms with Crippen molar-refractivity contribution in [3.63, 3.8) is 0 Å². The summed E-state index contributed by atoms with van der Waals surface area (Å²) in [7, 11) is 0. The van der Waals surface area contributed by atoms with E-state index >= 15 is 0 Å². The highest BCUT2D eigenvalue weighted by molar-refractivity contribution is 7.22. The lowest BCUT2D eigenvalue weighted by Gasteiger charge is -2.23. The van der Waals surface area contributed by atoms with E-state index in [1.54, 1.807) is 24.3 Å². The monoisotopic (exact) mass is 556 g/mol. The van der Waals surface area contributed by atoms with Gasteiger partial charge in [0.1, 0.15) is 17.3 Å². The van der Waals surface area contributed by atoms with E-state index in [2.05, 4.69) is 13.8 Å². The molecule has 0 bridgehead atoms. The largest absolute Gasteiger partial charge is 0.507 e. The normalized spacial score (nSPS) is 16.7. The summed E-state index contributed by atoms with van der Waals surface area (Å²) in [4.78, 5) is 33.3. The third kappa shape index (κ3) is 5.19. The average molecular weight is 557 g/mol. The molecular weight excluding hydrogens is 524 g/mol. The van der Waals surface area contributed by atoms with Gasteiger partial charge in [0.15, 0.2) is 5.13 Å². The molecule has 0 aliphatic carbocycles. The van der Waals surface area contributed by atoms with Gasteiger partial charge < -0.3 is 14.6 Å². The number of fused-ring (bicyclic) bond motifs is 1. The van der Waals surface area contributed by atoms with E-state index in [1.807, 2.05) is 56.3 Å². The number of rotatable bonds is 9. The number of carbonyl (C=O) groups excluding carboxylic acids is 2. The number of Topliss-reactive ketones (excluding diaryl/α,β-unsaturated/α-hetero) is 1. The third-order valence-corrected chi connectivity index (χ3v) is 7.83. The van der Waals surface area contributed by atoms with Gasteiger partial charge in [0, 0.05) is 5.56 Å². The molecule has 2 heterocycles. The van der Waals surface area contributed by atoms with Crippen LogP contribution in [-0.4, -0.2) is 35.0 Å². The Labute approximate surface area is 237 Å². The van der Waals surface area contributed by atoms with Crippen molar-refractivity contribution in [3.8, 4) is 11.5 Å². The second kappa shape index (κ2) is 11.5. The number of thiazole rings is 1. The van der Waals surface area contributed by atoms with Crippen molar-refractivity contribution >= 4 is 44.1 Å². The SMILES string of the molecule is CCCOc1cccc(C(O)=C2C(=O)C(=O)N(c3nc4ccc(OCC)cc4s3)C2c2ccc(C(C)C)cc2)c1. The minimum atomic E-state index is -0.853. The van der Waals surface area contributed by atoms with Gasteiger partial charge in [-0.05, 0) is 60.7 Å². The minimum absolute atomic E-state index is 0.0178. The molecule has 1 aliphatic rings. The molecule has 1 amide bonds. The number of carbonyl (C=O) groups is 2. The van der Waals surface area contributed by atoms with Crippen LogP contribution >= 0.6 is 11.3 Å². The Kier molecular flexibility index (Phi) is 7.89. The van der Waals surface area contributed by atoms with Crippen LogP contribution in [-0.2, 0) is 9.59 Å². The van der Waals surface area contributed by atoms with Gasteiger partial charge in [-0.3, -0.25) is 14.5 Å². The van der Waals surface area contributed by atoms with Crippen LogP contribution in [0.3, 0.4) is 0 Å². The first kappa shape index (κ1) is 27.4. The van der Waals surface area contributed by atoms with E-state index < -0.39 is 17.7 Å². The maximum atomic E-state index is 13.6. The van der Waals surface area contributed by atoms with Crippen LogP contribution in [0.5, 0.6) is 11.5 Å². The van der Waals surface area contributed by atoms with Crippen molar-refractivity contribution in [3.05, 3.63) is 89.0 Å². The van der Waals surface area contributed by atoms with Gasteiger partial charge in [-0.15, -0.1) is 0 Å². The van der Waals surface area contributed by atoms with Crippen LogP contribution in [0.25, 0.3) is 16.0 Å². The second-order valence-electron chi connectivity index (χ2n) is 9.93. The van der Waals surface area contributed by atoms with Gasteiger partial charge in [0.25, 0.3) is 5.78 Å². The molecule has 1 atom stereocenters. The number of nitrogens with zero attached hydrogens (tertiary/aromatic N) is 2. The number of ketones is 1. The molecular formula is C32H32N2O5S. The number of aromatic nitrogens is 1. The molecule has 0 saturated carbocycles. The van der Waals surface area contributed by atoms with Gasteiger partial charge in [-0.2, -0.15) is 0 Å². The fourth-order valence-corrected chi connectivity index (χ4v) is 5.79. The molecule has 1 aromatic heterocycles. The van der Waals surface area contributed by atoms with Crippen molar-refractivity contribution in [2.45, 2.75) is 46.1 Å². The van der Waals surface area contributed by atoms with E-state index in [9.17, 15) is 14.7 Å². The third-order valence-electron chi connectivity index (χ3n) is 6.81. The predicted octanol–water partition coefficient (Wildman–Crippen LogP) is 7.23. The molecule has 206 valence electrons. The van der Waals surface area contributed by atoms with Gasteiger partial charge in [0.2, 0.25) is 0 Å². The van der Waals surface area contributed by atoms with Gasteiger partial charge >= 0.3 is 5.91 Å². The molecule has 1 N–H and O–H groups in total. The molecule has 0 spiro atoms. The van der Waals surface area contributed by atoms with Crippen molar-refractivity contribution in [2.75, 3.05) is 18.1 Å². The van der Waals surface area contributed by atoms with Gasteiger partial charge in [0.05, 0.1) is 35.0 Å². The molecule has 7 nitrogen and oxygen atoms in total. The van der Waals surface area contributed by atoms with Gasteiger partial charge in [-0.1, -0.05) is 68.5 Å². The summed E-state index contributed by atoms with van der Waals surface area (Å²) in [5.41, 5.74) is 2.95. The smallest absolute Gasteiger partial charge is 0.301 e. The Balaban J connectivity index is 1.66. The number of hydrogen-bond donors (Lipinski definition) is 1. The zero-order chi connectivity index (χ0) is 28.4. The Morgan fingerprint density at radius 2 is 1.75 bits per heavy atom. The zero-order valence-electron chi connectivity index (χ0n) is 23.0. The van der Waals surface area contributed by atoms with Crippen LogP contribution in [0.1, 0.15) is 62.8 Å². The molecule has 1 unspecified atom stereocenters. The highest BCUT2D eigenvalue weighted by atomic mass is 32.1. The number of aliphatic hydroxyl groups excluding tert-OH is 1. The van der Waals surface area contributed by atoms with Crippen molar-refractivity contribution in [1.29, 1.82) is 0 Å². The highest BCUT2D eigenvalue weighted by Gasteiger charge is 2.48. The quantitative estimate of drug-likeness (QED) is 0.133. The zero-order valence-corrected chi connectivity index (χ0v) is 23.8. The molecule has 5 rings (SSSR count). The summed E-state index contributed by atoms with van der Waals surface area (Å²) in [6, 6.07) is 19.4. The molecule has 1 aliphatic heterocycles. The molecule has 4 aromatic rings. The standard InChI is InChI=1S/C32H32N2O5S/c1-5-16-39-23-9-7-8-22(17-23)29(35)27-28(21-12-10-20(11-13-21)19(3)4)34(31(37)30(27)36)32-33-25-15-14-24(38-6-2)18-26(25)40-32/h7-15,17-19,28,35H,5-6,16H2,1-4H3. The van der Waals surface area contributed by atoms with Crippen molar-refractivity contribution < 1.29 is 24.2 Å². The highest BCUT2D eigenvalue weighted by Crippen LogP contribution is 2.45. The van der Waals surface area contributed by atoms with Crippen LogP contribution in [0.4, 0.5) is 5.13 Å². The number of anilines is 1. The maximum absolute atomic E-state index is 13.6. The van der Waals surface area contributed by atoms with E-state index in [1.165, 1.54) is 16.2 Å². The second-order valence-corrected chi connectivity index (χ2v) is 10.9. The average Bonchev–Trinajstić information content (AvgIpc) is 3.49. The molecule has 1 saturated heterocycles. The summed E-state index contributed by atoms with van der Waals surface area (Å²) in [5, 5.41) is 11.9. The molecule has 40 heavy (non-hydrogen) atoms. The predicted molar refractivity (Wildman–Crippen MR) is 158 cm³/mol. The summed E-state index contributed by atoms with van der Waals surface area (Å²) in [6.07, 6.45) is 0.835. The summed E-state index contributed by atoms with van der Waals surface area (Å²) < 4.78 is 12.2. The summed E-state index contributed by atoms with van der Waals surface area (Å²) >= 11 is 1.31. The first-order valence-electron chi connectivity index (χ1n) is 13.5. The molecule has 1 fully saturated rings. The number of hydrogen-bond acceptors (Lipinski definition) is 7. The molecule has 8 heteroatoms. The molecule has 0 radical (unpaired) electrons. The van der Waals surface area contributed by atoms with Crippen molar-refractivity contribution in [2.24, 2.45) is 0 Å². The van der Waals surface area contributed by atoms with Crippen LogP contribution < -0.4 is 14.4 Å². The Hall–Kier alpha value is -4.17. The Morgan fingerprint density at radius 3 is 2.45 bits per heavy atom. The molecule has 3 aromatic carbocycles. The van der Waals surface area contributed by atoms with Gasteiger partial charge in [-0.25, -0.2) is 4.98 Å². The van der Waals surface area contributed by atoms with Crippen LogP contribution in [0.15, 0.2) is 72.3 Å². The van der Waals surface area contributed by atoms with Crippen LogP contribution in [0, 0.1) is 0 Å². The van der Waals surface area contributed by atoms with E-state index in [-0.39, 0.29) is 11.3 Å². The van der Waals surface area contributed by atoms with E-state index in [0.717, 1.165) is 16.7 Å². The Bertz CT molecular complexity index is 1590. The number of aliphatic hydroxyl groups is 1. The first-order valence-corrected chi connectivity index (χ1v) is 14.3. The summed E-state index contributed by atoms with van der Waals surface area (Å²) in [6.45, 7) is 9.19. The van der Waals surface area contributed by atoms with Crippen LogP contribution in [0.2, 0.25) is 0 Å². The van der Waals surface area contributed by atoms with E-state index in [4.69, 9.17) is 14.5 Å². The Morgan fingerprint density at radius 1 is 1.00 bits per heavy atom. The fourth-order valence-electron chi connectivity index (χ4n) is 4.77. The first-order chi connectivity index (χ1) is 19.3. The summed E-state index contributed by atoms with van der Waals surface area (Å²) in [5.74, 6) is -0.144. The topological polar surface area (TPSA) is 89.0 Å². The number of amides is 1. The van der Waals surface area contributed by atoms with E-state index in [0.29, 0.717) is 52.4 Å². The number of benzene rings is 3. The lowest BCUT2D eigenvalue weighted by Crippen LogP contribution is -2.29. The maximum Gasteiger partial charge on any atom is 0.301 e. The minimum Gasteiger partial charge on any atom is -0.507 e.